The lowest BCUT2D eigenvalue weighted by Gasteiger charge is -2.30. The smallest absolute Gasteiger partial charge is 0.127 e. The van der Waals surface area contributed by atoms with Crippen molar-refractivity contribution in [2.75, 3.05) is 6.54 Å². The van der Waals surface area contributed by atoms with Crippen LogP contribution in [0, 0.1) is 11.2 Å². The van der Waals surface area contributed by atoms with E-state index in [0.29, 0.717) is 11.1 Å². The summed E-state index contributed by atoms with van der Waals surface area (Å²) in [5.41, 5.74) is 0.893. The van der Waals surface area contributed by atoms with E-state index in [-0.39, 0.29) is 11.2 Å². The number of halogens is 2. The lowest BCUT2D eigenvalue weighted by molar-refractivity contribution is 0.271. The molecule has 0 amide bonds. The van der Waals surface area contributed by atoms with Gasteiger partial charge in [-0.05, 0) is 48.8 Å². The van der Waals surface area contributed by atoms with Crippen LogP contribution in [0.1, 0.15) is 45.1 Å². The Kier molecular flexibility index (Phi) is 4.86. The highest BCUT2D eigenvalue weighted by molar-refractivity contribution is 6.30. The summed E-state index contributed by atoms with van der Waals surface area (Å²) >= 11 is 5.81. The van der Waals surface area contributed by atoms with Crippen molar-refractivity contribution in [1.29, 1.82) is 0 Å². The molecule has 1 saturated carbocycles. The van der Waals surface area contributed by atoms with E-state index in [1.807, 2.05) is 6.07 Å². The van der Waals surface area contributed by atoms with Gasteiger partial charge in [0.15, 0.2) is 0 Å². The van der Waals surface area contributed by atoms with Gasteiger partial charge in [-0.3, -0.25) is 0 Å². The fourth-order valence-corrected chi connectivity index (χ4v) is 2.80. The molecule has 1 aliphatic rings. The summed E-state index contributed by atoms with van der Waals surface area (Å²) in [6.45, 7) is 5.40. The molecule has 0 aromatic heterocycles. The molecular formula is C16H23ClFN. The van der Waals surface area contributed by atoms with Gasteiger partial charge in [0.1, 0.15) is 5.82 Å². The van der Waals surface area contributed by atoms with Gasteiger partial charge in [0, 0.05) is 17.6 Å². The minimum Gasteiger partial charge on any atom is -0.313 e. The van der Waals surface area contributed by atoms with Crippen LogP contribution in [0.25, 0.3) is 0 Å². The largest absolute Gasteiger partial charge is 0.313 e. The molecule has 1 N–H and O–H groups in total. The second-order valence-electron chi connectivity index (χ2n) is 6.13. The number of hydrogen-bond acceptors (Lipinski definition) is 1. The fraction of sp³-hybridized carbons (Fsp3) is 0.625. The number of benzene rings is 1. The maximum atomic E-state index is 13.9. The summed E-state index contributed by atoms with van der Waals surface area (Å²) in [5, 5.41) is 4.05. The van der Waals surface area contributed by atoms with E-state index in [2.05, 4.69) is 19.2 Å². The Morgan fingerprint density at radius 2 is 2.16 bits per heavy atom. The van der Waals surface area contributed by atoms with Crippen molar-refractivity contribution >= 4 is 11.6 Å². The number of rotatable bonds is 7. The SMILES string of the molecule is CCCC(C)(CNC1CC1)Cc1ccc(Cl)cc1F. The molecule has 1 fully saturated rings. The highest BCUT2D eigenvalue weighted by Gasteiger charge is 2.29. The second kappa shape index (κ2) is 6.23. The first-order valence-corrected chi connectivity index (χ1v) is 7.57. The Labute approximate surface area is 120 Å². The molecule has 106 valence electrons. The highest BCUT2D eigenvalue weighted by atomic mass is 35.5. The average Bonchev–Trinajstić information content (AvgIpc) is 3.15. The predicted octanol–water partition coefficient (Wildman–Crippen LogP) is 4.58. The van der Waals surface area contributed by atoms with Crippen LogP contribution in [0.4, 0.5) is 4.39 Å². The van der Waals surface area contributed by atoms with Gasteiger partial charge in [0.25, 0.3) is 0 Å². The maximum absolute atomic E-state index is 13.9. The van der Waals surface area contributed by atoms with Crippen LogP contribution in [0.2, 0.25) is 5.02 Å². The van der Waals surface area contributed by atoms with Crippen molar-refractivity contribution in [3.05, 3.63) is 34.6 Å². The van der Waals surface area contributed by atoms with Gasteiger partial charge in [0.2, 0.25) is 0 Å². The molecule has 19 heavy (non-hydrogen) atoms. The Morgan fingerprint density at radius 1 is 1.42 bits per heavy atom. The van der Waals surface area contributed by atoms with Crippen LogP contribution in [0.15, 0.2) is 18.2 Å². The van der Waals surface area contributed by atoms with Crippen molar-refractivity contribution in [2.45, 2.75) is 52.0 Å². The van der Waals surface area contributed by atoms with E-state index in [9.17, 15) is 4.39 Å². The quantitative estimate of drug-likeness (QED) is 0.772. The predicted molar refractivity (Wildman–Crippen MR) is 79.2 cm³/mol. The van der Waals surface area contributed by atoms with Crippen molar-refractivity contribution in [1.82, 2.24) is 5.32 Å². The van der Waals surface area contributed by atoms with Gasteiger partial charge in [-0.15, -0.1) is 0 Å². The van der Waals surface area contributed by atoms with E-state index in [4.69, 9.17) is 11.6 Å². The van der Waals surface area contributed by atoms with Crippen molar-refractivity contribution < 1.29 is 4.39 Å². The molecule has 1 aromatic rings. The second-order valence-corrected chi connectivity index (χ2v) is 6.56. The molecule has 1 nitrogen and oxygen atoms in total. The van der Waals surface area contributed by atoms with Crippen molar-refractivity contribution in [3.8, 4) is 0 Å². The molecular weight excluding hydrogens is 261 g/mol. The van der Waals surface area contributed by atoms with Gasteiger partial charge < -0.3 is 5.32 Å². The van der Waals surface area contributed by atoms with Gasteiger partial charge >= 0.3 is 0 Å². The first kappa shape index (κ1) is 14.8. The van der Waals surface area contributed by atoms with Crippen LogP contribution in [-0.2, 0) is 6.42 Å². The zero-order chi connectivity index (χ0) is 13.9. The molecule has 0 aliphatic heterocycles. The lowest BCUT2D eigenvalue weighted by Crippen LogP contribution is -2.35. The molecule has 1 unspecified atom stereocenters. The first-order chi connectivity index (χ1) is 9.02. The minimum atomic E-state index is -0.179. The monoisotopic (exact) mass is 283 g/mol. The molecule has 0 heterocycles. The van der Waals surface area contributed by atoms with Crippen LogP contribution in [0.3, 0.4) is 0 Å². The number of hydrogen-bond donors (Lipinski definition) is 1. The molecule has 0 radical (unpaired) electrons. The Morgan fingerprint density at radius 3 is 2.74 bits per heavy atom. The Bertz CT molecular complexity index is 431. The third-order valence-electron chi connectivity index (χ3n) is 3.88. The summed E-state index contributed by atoms with van der Waals surface area (Å²) in [7, 11) is 0. The Hall–Kier alpha value is -0.600. The number of nitrogens with one attached hydrogen (secondary N) is 1. The minimum absolute atomic E-state index is 0.117. The molecule has 0 spiro atoms. The van der Waals surface area contributed by atoms with Crippen LogP contribution >= 0.6 is 11.6 Å². The molecule has 1 aromatic carbocycles. The summed E-state index contributed by atoms with van der Waals surface area (Å²) in [6, 6.07) is 5.72. The lowest BCUT2D eigenvalue weighted by atomic mass is 9.79. The van der Waals surface area contributed by atoms with Crippen molar-refractivity contribution in [2.24, 2.45) is 5.41 Å². The van der Waals surface area contributed by atoms with Gasteiger partial charge in [-0.25, -0.2) is 4.39 Å². The molecule has 0 bridgehead atoms. The van der Waals surface area contributed by atoms with E-state index in [0.717, 1.165) is 31.4 Å². The summed E-state index contributed by atoms with van der Waals surface area (Å²) in [5.74, 6) is -0.179. The third-order valence-corrected chi connectivity index (χ3v) is 4.12. The van der Waals surface area contributed by atoms with Crippen molar-refractivity contribution in [3.63, 3.8) is 0 Å². The van der Waals surface area contributed by atoms with Crippen LogP contribution in [-0.4, -0.2) is 12.6 Å². The molecule has 1 aliphatic carbocycles. The molecule has 3 heteroatoms. The highest BCUT2D eigenvalue weighted by Crippen LogP contribution is 2.31. The molecule has 0 saturated heterocycles. The Balaban J connectivity index is 2.04. The molecule has 2 rings (SSSR count). The normalized spacial score (nSPS) is 18.3. The van der Waals surface area contributed by atoms with E-state index in [1.165, 1.54) is 18.9 Å². The summed E-state index contributed by atoms with van der Waals surface area (Å²) in [4.78, 5) is 0. The van der Waals surface area contributed by atoms with Crippen LogP contribution in [0.5, 0.6) is 0 Å². The molecule has 1 atom stereocenters. The van der Waals surface area contributed by atoms with E-state index < -0.39 is 0 Å². The fourth-order valence-electron chi connectivity index (χ4n) is 2.65. The zero-order valence-electron chi connectivity index (χ0n) is 11.8. The first-order valence-electron chi connectivity index (χ1n) is 7.20. The average molecular weight is 284 g/mol. The standard InChI is InChI=1S/C16H23ClFN/c1-3-8-16(2,11-19-14-6-7-14)10-12-4-5-13(17)9-15(12)18/h4-5,9,14,19H,3,6-8,10-11H2,1-2H3. The summed E-state index contributed by atoms with van der Waals surface area (Å²) in [6.07, 6.45) is 5.57. The van der Waals surface area contributed by atoms with Gasteiger partial charge in [-0.2, -0.15) is 0 Å². The van der Waals surface area contributed by atoms with Gasteiger partial charge in [0.05, 0.1) is 0 Å². The van der Waals surface area contributed by atoms with E-state index in [1.54, 1.807) is 6.07 Å². The topological polar surface area (TPSA) is 12.0 Å². The van der Waals surface area contributed by atoms with Crippen LogP contribution < -0.4 is 5.32 Å². The summed E-state index contributed by atoms with van der Waals surface area (Å²) < 4.78 is 13.9. The zero-order valence-corrected chi connectivity index (χ0v) is 12.6. The van der Waals surface area contributed by atoms with Gasteiger partial charge in [-0.1, -0.05) is 37.9 Å². The maximum Gasteiger partial charge on any atom is 0.127 e. The van der Waals surface area contributed by atoms with E-state index >= 15 is 0 Å². The third kappa shape index (κ3) is 4.47.